The van der Waals surface area contributed by atoms with Gasteiger partial charge in [0.25, 0.3) is 5.91 Å². The molecule has 0 aliphatic rings. The summed E-state index contributed by atoms with van der Waals surface area (Å²) in [5.41, 5.74) is -0.0550. The van der Waals surface area contributed by atoms with Crippen LogP contribution in [0.3, 0.4) is 0 Å². The van der Waals surface area contributed by atoms with Crippen LogP contribution in [0.4, 0.5) is 0 Å². The summed E-state index contributed by atoms with van der Waals surface area (Å²) in [4.78, 5) is 11.6. The first kappa shape index (κ1) is 14.7. The SMILES string of the molecule is Cc1[nH]nc(C(=O)NCC(C)(C)C)c1S(N)(=O)=O. The number of primary sulfonamides is 1. The molecule has 0 bridgehead atoms. The zero-order valence-electron chi connectivity index (χ0n) is 10.9. The molecule has 1 aromatic rings. The van der Waals surface area contributed by atoms with Gasteiger partial charge in [-0.1, -0.05) is 20.8 Å². The maximum absolute atomic E-state index is 11.9. The van der Waals surface area contributed by atoms with Crippen molar-refractivity contribution in [1.29, 1.82) is 0 Å². The number of hydrogen-bond donors (Lipinski definition) is 3. The van der Waals surface area contributed by atoms with Crippen molar-refractivity contribution in [1.82, 2.24) is 15.5 Å². The number of nitrogens with one attached hydrogen (secondary N) is 2. The Morgan fingerprint density at radius 1 is 1.44 bits per heavy atom. The molecule has 0 saturated heterocycles. The second-order valence-corrected chi connectivity index (χ2v) is 6.81. The Kier molecular flexibility index (Phi) is 3.82. The van der Waals surface area contributed by atoms with E-state index in [1.54, 1.807) is 0 Å². The van der Waals surface area contributed by atoms with E-state index in [9.17, 15) is 13.2 Å². The Bertz CT molecular complexity index is 554. The number of H-pyrrole nitrogens is 1. The van der Waals surface area contributed by atoms with Gasteiger partial charge in [-0.2, -0.15) is 5.10 Å². The van der Waals surface area contributed by atoms with Gasteiger partial charge in [-0.3, -0.25) is 9.89 Å². The first-order chi connectivity index (χ1) is 8.02. The highest BCUT2D eigenvalue weighted by Gasteiger charge is 2.26. The second kappa shape index (κ2) is 4.69. The van der Waals surface area contributed by atoms with E-state index in [0.29, 0.717) is 6.54 Å². The number of carbonyl (C=O) groups is 1. The van der Waals surface area contributed by atoms with Crippen molar-refractivity contribution in [2.45, 2.75) is 32.6 Å². The van der Waals surface area contributed by atoms with Crippen molar-refractivity contribution in [2.24, 2.45) is 10.6 Å². The minimum Gasteiger partial charge on any atom is -0.350 e. The molecule has 102 valence electrons. The number of aromatic amines is 1. The van der Waals surface area contributed by atoms with Gasteiger partial charge in [0, 0.05) is 6.54 Å². The van der Waals surface area contributed by atoms with E-state index >= 15 is 0 Å². The van der Waals surface area contributed by atoms with Gasteiger partial charge in [0.05, 0.1) is 5.69 Å². The number of carbonyl (C=O) groups excluding carboxylic acids is 1. The third-order valence-electron chi connectivity index (χ3n) is 2.17. The highest BCUT2D eigenvalue weighted by atomic mass is 32.2. The number of hydrogen-bond acceptors (Lipinski definition) is 4. The fraction of sp³-hybridized carbons (Fsp3) is 0.600. The molecule has 0 aliphatic heterocycles. The molecule has 18 heavy (non-hydrogen) atoms. The van der Waals surface area contributed by atoms with Gasteiger partial charge >= 0.3 is 0 Å². The molecule has 0 atom stereocenters. The number of aryl methyl sites for hydroxylation is 1. The Labute approximate surface area is 106 Å². The monoisotopic (exact) mass is 274 g/mol. The van der Waals surface area contributed by atoms with Crippen molar-refractivity contribution < 1.29 is 13.2 Å². The van der Waals surface area contributed by atoms with Crippen LogP contribution in [0.2, 0.25) is 0 Å². The lowest BCUT2D eigenvalue weighted by atomic mass is 9.97. The maximum Gasteiger partial charge on any atom is 0.273 e. The Hall–Kier alpha value is -1.41. The van der Waals surface area contributed by atoms with E-state index in [4.69, 9.17) is 5.14 Å². The smallest absolute Gasteiger partial charge is 0.273 e. The van der Waals surface area contributed by atoms with E-state index in [1.807, 2.05) is 20.8 Å². The number of aromatic nitrogens is 2. The summed E-state index contributed by atoms with van der Waals surface area (Å²) in [7, 11) is -3.97. The van der Waals surface area contributed by atoms with E-state index in [-0.39, 0.29) is 21.7 Å². The number of rotatable bonds is 3. The van der Waals surface area contributed by atoms with E-state index in [0.717, 1.165) is 0 Å². The largest absolute Gasteiger partial charge is 0.350 e. The lowest BCUT2D eigenvalue weighted by Crippen LogP contribution is -2.33. The van der Waals surface area contributed by atoms with Crippen molar-refractivity contribution in [3.05, 3.63) is 11.4 Å². The summed E-state index contributed by atoms with van der Waals surface area (Å²) in [6.07, 6.45) is 0. The molecule has 1 aromatic heterocycles. The minimum atomic E-state index is -3.97. The van der Waals surface area contributed by atoms with Gasteiger partial charge in [0.15, 0.2) is 5.69 Å². The molecule has 7 nitrogen and oxygen atoms in total. The van der Waals surface area contributed by atoms with E-state index < -0.39 is 15.9 Å². The van der Waals surface area contributed by atoms with Crippen LogP contribution in [-0.4, -0.2) is 31.1 Å². The average Bonchev–Trinajstić information content (AvgIpc) is 2.54. The van der Waals surface area contributed by atoms with Gasteiger partial charge < -0.3 is 5.32 Å². The van der Waals surface area contributed by atoms with E-state index in [1.165, 1.54) is 6.92 Å². The summed E-state index contributed by atoms with van der Waals surface area (Å²) in [5, 5.41) is 13.8. The van der Waals surface area contributed by atoms with Crippen LogP contribution < -0.4 is 10.5 Å². The summed E-state index contributed by atoms with van der Waals surface area (Å²) < 4.78 is 22.8. The molecule has 0 radical (unpaired) electrons. The first-order valence-electron chi connectivity index (χ1n) is 5.38. The van der Waals surface area contributed by atoms with Crippen LogP contribution in [-0.2, 0) is 10.0 Å². The zero-order chi connectivity index (χ0) is 14.1. The molecule has 0 spiro atoms. The molecule has 0 unspecified atom stereocenters. The van der Waals surface area contributed by atoms with Crippen LogP contribution in [0.5, 0.6) is 0 Å². The Balaban J connectivity index is 3.02. The molecule has 1 amide bonds. The Morgan fingerprint density at radius 2 is 2.00 bits per heavy atom. The third kappa shape index (κ3) is 3.54. The predicted octanol–water partition coefficient (Wildman–Crippen LogP) is 0.141. The predicted molar refractivity (Wildman–Crippen MR) is 66.5 cm³/mol. The van der Waals surface area contributed by atoms with Crippen LogP contribution in [0, 0.1) is 12.3 Å². The summed E-state index contributed by atoms with van der Waals surface area (Å²) in [6, 6.07) is 0. The summed E-state index contributed by atoms with van der Waals surface area (Å²) in [5.74, 6) is -0.557. The van der Waals surface area contributed by atoms with Crippen LogP contribution in [0.15, 0.2) is 4.90 Å². The average molecular weight is 274 g/mol. The van der Waals surface area contributed by atoms with Crippen LogP contribution >= 0.6 is 0 Å². The van der Waals surface area contributed by atoms with E-state index in [2.05, 4.69) is 15.5 Å². The second-order valence-electron chi connectivity index (χ2n) is 5.31. The minimum absolute atomic E-state index is 0.108. The topological polar surface area (TPSA) is 118 Å². The standard InChI is InChI=1S/C10H18N4O3S/c1-6-8(18(11,16)17)7(14-13-6)9(15)12-5-10(2,3)4/h5H2,1-4H3,(H,12,15)(H,13,14)(H2,11,16,17). The first-order valence-corrected chi connectivity index (χ1v) is 6.93. The number of amides is 1. The fourth-order valence-corrected chi connectivity index (χ4v) is 2.23. The van der Waals surface area contributed by atoms with Gasteiger partial charge in [-0.25, -0.2) is 13.6 Å². The number of sulfonamides is 1. The molecule has 0 aliphatic carbocycles. The normalized spacial score (nSPS) is 12.5. The molecule has 0 aromatic carbocycles. The Morgan fingerprint density at radius 3 is 2.44 bits per heavy atom. The van der Waals surface area contributed by atoms with Crippen LogP contribution in [0.1, 0.15) is 37.0 Å². The van der Waals surface area contributed by atoms with Crippen molar-refractivity contribution in [3.8, 4) is 0 Å². The molecule has 0 fully saturated rings. The summed E-state index contributed by atoms with van der Waals surface area (Å²) in [6.45, 7) is 7.74. The van der Waals surface area contributed by atoms with Gasteiger partial charge in [0.1, 0.15) is 4.90 Å². The molecule has 0 saturated carbocycles. The molecular weight excluding hydrogens is 256 g/mol. The highest BCUT2D eigenvalue weighted by Crippen LogP contribution is 2.16. The molecule has 1 heterocycles. The van der Waals surface area contributed by atoms with Crippen molar-refractivity contribution in [2.75, 3.05) is 6.54 Å². The summed E-state index contributed by atoms with van der Waals surface area (Å²) >= 11 is 0. The molecule has 1 rings (SSSR count). The molecule has 8 heteroatoms. The fourth-order valence-electron chi connectivity index (χ4n) is 1.35. The number of nitrogens with zero attached hydrogens (tertiary/aromatic N) is 1. The number of nitrogens with two attached hydrogens (primary N) is 1. The van der Waals surface area contributed by atoms with Crippen molar-refractivity contribution in [3.63, 3.8) is 0 Å². The van der Waals surface area contributed by atoms with Gasteiger partial charge in [-0.05, 0) is 12.3 Å². The third-order valence-corrected chi connectivity index (χ3v) is 3.24. The zero-order valence-corrected chi connectivity index (χ0v) is 11.7. The molecular formula is C10H18N4O3S. The van der Waals surface area contributed by atoms with Gasteiger partial charge in [0.2, 0.25) is 10.0 Å². The maximum atomic E-state index is 11.9. The van der Waals surface area contributed by atoms with Crippen molar-refractivity contribution >= 4 is 15.9 Å². The quantitative estimate of drug-likeness (QED) is 0.726. The highest BCUT2D eigenvalue weighted by molar-refractivity contribution is 7.89. The lowest BCUT2D eigenvalue weighted by Gasteiger charge is -2.18. The lowest BCUT2D eigenvalue weighted by molar-refractivity contribution is 0.0931. The van der Waals surface area contributed by atoms with Gasteiger partial charge in [-0.15, -0.1) is 0 Å². The van der Waals surface area contributed by atoms with Crippen LogP contribution in [0.25, 0.3) is 0 Å². The molecule has 4 N–H and O–H groups in total.